The molecule has 1 aromatic heterocycles. The molecule has 0 saturated heterocycles. The molecule has 1 atom stereocenters. The van der Waals surface area contributed by atoms with Gasteiger partial charge in [0.1, 0.15) is 11.6 Å². The summed E-state index contributed by atoms with van der Waals surface area (Å²) >= 11 is 1.05. The summed E-state index contributed by atoms with van der Waals surface area (Å²) in [4.78, 5) is 23.5. The van der Waals surface area contributed by atoms with Gasteiger partial charge in [-0.15, -0.1) is 0 Å². The third-order valence-corrected chi connectivity index (χ3v) is 6.17. The summed E-state index contributed by atoms with van der Waals surface area (Å²) in [6.45, 7) is 0. The highest BCUT2D eigenvalue weighted by Crippen LogP contribution is 2.39. The van der Waals surface area contributed by atoms with Gasteiger partial charge >= 0.3 is 0 Å². The predicted octanol–water partition coefficient (Wildman–Crippen LogP) is 3.83. The molecule has 0 radical (unpaired) electrons. The number of nitriles is 2. The van der Waals surface area contributed by atoms with E-state index in [1.807, 2.05) is 6.07 Å². The predicted molar refractivity (Wildman–Crippen MR) is 126 cm³/mol. The Morgan fingerprint density at radius 1 is 1.15 bits per heavy atom. The average molecular weight is 472 g/mol. The zero-order valence-electron chi connectivity index (χ0n) is 17.4. The van der Waals surface area contributed by atoms with Crippen molar-refractivity contribution in [2.45, 2.75) is 5.92 Å². The zero-order valence-corrected chi connectivity index (χ0v) is 18.3. The first-order chi connectivity index (χ1) is 16.4. The van der Waals surface area contributed by atoms with Gasteiger partial charge in [-0.25, -0.2) is 0 Å². The number of carbonyl (C=O) groups is 1. The number of rotatable bonds is 6. The summed E-state index contributed by atoms with van der Waals surface area (Å²) in [6.07, 6.45) is 1.44. The van der Waals surface area contributed by atoms with Crippen LogP contribution < -0.4 is 16.4 Å². The van der Waals surface area contributed by atoms with E-state index in [4.69, 9.17) is 10.2 Å². The summed E-state index contributed by atoms with van der Waals surface area (Å²) in [5.41, 5.74) is 6.74. The molecule has 11 heteroatoms. The molecule has 34 heavy (non-hydrogen) atoms. The fourth-order valence-corrected chi connectivity index (χ4v) is 4.51. The van der Waals surface area contributed by atoms with Crippen molar-refractivity contribution >= 4 is 39.8 Å². The van der Waals surface area contributed by atoms with Gasteiger partial charge in [0.05, 0.1) is 56.6 Å². The summed E-state index contributed by atoms with van der Waals surface area (Å²) in [5, 5.41) is 37.5. The molecule has 0 aliphatic carbocycles. The Hall–Kier alpha value is -4.74. The van der Waals surface area contributed by atoms with Gasteiger partial charge in [0.25, 0.3) is 5.69 Å². The zero-order chi connectivity index (χ0) is 24.2. The molecular weight excluding hydrogens is 456 g/mol. The molecule has 168 valence electrons. The molecule has 10 nitrogen and oxygen atoms in total. The van der Waals surface area contributed by atoms with Crippen molar-refractivity contribution < 1.29 is 14.1 Å². The van der Waals surface area contributed by atoms with Crippen LogP contribution in [0.3, 0.4) is 0 Å². The maximum Gasteiger partial charge on any atom is 0.277 e. The van der Waals surface area contributed by atoms with Crippen molar-refractivity contribution in [3.8, 4) is 12.1 Å². The van der Waals surface area contributed by atoms with Crippen LogP contribution >= 0.6 is 11.8 Å². The van der Waals surface area contributed by atoms with Crippen molar-refractivity contribution in [1.29, 1.82) is 10.5 Å². The lowest BCUT2D eigenvalue weighted by Gasteiger charge is -2.25. The number of anilines is 1. The van der Waals surface area contributed by atoms with Gasteiger partial charge in [-0.2, -0.15) is 10.5 Å². The molecule has 2 aromatic carbocycles. The monoisotopic (exact) mass is 472 g/mol. The second-order valence-electron chi connectivity index (χ2n) is 7.14. The summed E-state index contributed by atoms with van der Waals surface area (Å²) in [5.74, 6) is -0.794. The van der Waals surface area contributed by atoms with Crippen LogP contribution in [-0.2, 0) is 4.79 Å². The maximum atomic E-state index is 12.7. The topological polar surface area (TPSA) is 171 Å². The Morgan fingerprint density at radius 3 is 2.53 bits per heavy atom. The van der Waals surface area contributed by atoms with Gasteiger partial charge in [0, 0.05) is 17.1 Å². The van der Waals surface area contributed by atoms with Crippen LogP contribution in [0.2, 0.25) is 0 Å². The van der Waals surface area contributed by atoms with Gasteiger partial charge in [-0.05, 0) is 24.3 Å². The number of amides is 1. The lowest BCUT2D eigenvalue weighted by Crippen LogP contribution is -2.30. The first-order valence-electron chi connectivity index (χ1n) is 9.87. The van der Waals surface area contributed by atoms with Crippen LogP contribution in [0.15, 0.2) is 81.2 Å². The number of hydrogen-bond acceptors (Lipinski definition) is 9. The highest BCUT2D eigenvalue weighted by atomic mass is 32.2. The van der Waals surface area contributed by atoms with Crippen LogP contribution in [0, 0.1) is 32.8 Å². The van der Waals surface area contributed by atoms with Crippen LogP contribution in [0.5, 0.6) is 0 Å². The van der Waals surface area contributed by atoms with Gasteiger partial charge in [0.2, 0.25) is 5.91 Å². The summed E-state index contributed by atoms with van der Waals surface area (Å²) in [6, 6.07) is 16.9. The maximum absolute atomic E-state index is 12.7. The molecule has 3 aromatic rings. The van der Waals surface area contributed by atoms with E-state index < -0.39 is 16.7 Å². The van der Waals surface area contributed by atoms with E-state index in [0.29, 0.717) is 27.2 Å². The Labute approximate surface area is 197 Å². The standard InChI is InChI=1S/C23H16N6O4S/c24-10-15-21(19-6-3-9-33-19)16(11-25)23(28-22(15)26)34-12-20(30)27-17-7-8-18(29(31)32)14-5-2-1-4-13(14)17/h1-9,21,28H,12,26H2,(H,27,30). The largest absolute Gasteiger partial charge is 0.468 e. The average Bonchev–Trinajstić information content (AvgIpc) is 3.37. The van der Waals surface area contributed by atoms with Gasteiger partial charge in [-0.3, -0.25) is 14.9 Å². The van der Waals surface area contributed by atoms with E-state index in [2.05, 4.69) is 16.7 Å². The van der Waals surface area contributed by atoms with Gasteiger partial charge < -0.3 is 20.8 Å². The molecule has 0 spiro atoms. The number of nitrogens with two attached hydrogens (primary N) is 1. The van der Waals surface area contributed by atoms with E-state index in [-0.39, 0.29) is 28.4 Å². The molecule has 4 rings (SSSR count). The minimum atomic E-state index is -0.782. The molecule has 4 N–H and O–H groups in total. The van der Waals surface area contributed by atoms with Crippen molar-refractivity contribution in [3.63, 3.8) is 0 Å². The van der Waals surface area contributed by atoms with Crippen LogP contribution in [-0.4, -0.2) is 16.6 Å². The van der Waals surface area contributed by atoms with Gasteiger partial charge in [0.15, 0.2) is 0 Å². The third kappa shape index (κ3) is 4.16. The number of non-ortho nitro benzene ring substituents is 1. The van der Waals surface area contributed by atoms with E-state index in [0.717, 1.165) is 11.8 Å². The van der Waals surface area contributed by atoms with E-state index in [1.165, 1.54) is 18.4 Å². The fraction of sp³-hybridized carbons (Fsp3) is 0.0870. The first kappa shape index (κ1) is 22.5. The van der Waals surface area contributed by atoms with Crippen LogP contribution in [0.25, 0.3) is 10.8 Å². The number of thioether (sulfide) groups is 1. The number of dihydropyridines is 1. The molecule has 0 fully saturated rings. The molecule has 1 unspecified atom stereocenters. The normalized spacial score (nSPS) is 15.4. The lowest BCUT2D eigenvalue weighted by molar-refractivity contribution is -0.383. The highest BCUT2D eigenvalue weighted by molar-refractivity contribution is 8.03. The second kappa shape index (κ2) is 9.40. The number of nitrogens with one attached hydrogen (secondary N) is 2. The fourth-order valence-electron chi connectivity index (χ4n) is 3.66. The number of hydrogen-bond donors (Lipinski definition) is 3. The van der Waals surface area contributed by atoms with E-state index >= 15 is 0 Å². The molecule has 0 saturated carbocycles. The number of nitro benzene ring substituents is 1. The SMILES string of the molecule is N#CC1=C(N)NC(SCC(=O)Nc2ccc([N+](=O)[O-])c3ccccc23)=C(C#N)C1c1ccco1. The van der Waals surface area contributed by atoms with Gasteiger partial charge in [-0.1, -0.05) is 30.0 Å². The van der Waals surface area contributed by atoms with Crippen molar-refractivity contribution in [1.82, 2.24) is 5.32 Å². The van der Waals surface area contributed by atoms with Crippen molar-refractivity contribution in [2.24, 2.45) is 5.73 Å². The molecule has 1 aliphatic heterocycles. The number of fused-ring (bicyclic) bond motifs is 1. The lowest BCUT2D eigenvalue weighted by atomic mass is 9.88. The number of allylic oxidation sites excluding steroid dienone is 2. The molecule has 1 amide bonds. The number of benzene rings is 2. The minimum Gasteiger partial charge on any atom is -0.468 e. The highest BCUT2D eigenvalue weighted by Gasteiger charge is 2.33. The third-order valence-electron chi connectivity index (χ3n) is 5.15. The molecule has 0 bridgehead atoms. The molecule has 2 heterocycles. The number of nitro groups is 1. The Morgan fingerprint density at radius 2 is 1.88 bits per heavy atom. The first-order valence-corrected chi connectivity index (χ1v) is 10.9. The van der Waals surface area contributed by atoms with Crippen molar-refractivity contribution in [3.05, 3.63) is 92.7 Å². The smallest absolute Gasteiger partial charge is 0.277 e. The van der Waals surface area contributed by atoms with E-state index in [9.17, 15) is 25.4 Å². The number of carbonyl (C=O) groups excluding carboxylic acids is 1. The van der Waals surface area contributed by atoms with Crippen LogP contribution in [0.4, 0.5) is 11.4 Å². The summed E-state index contributed by atoms with van der Waals surface area (Å²) < 4.78 is 5.42. The Kier molecular flexibility index (Phi) is 6.21. The Balaban J connectivity index is 1.56. The number of nitrogens with zero attached hydrogens (tertiary/aromatic N) is 3. The minimum absolute atomic E-state index is 0.0577. The number of furan rings is 1. The van der Waals surface area contributed by atoms with Crippen molar-refractivity contribution in [2.75, 3.05) is 11.1 Å². The van der Waals surface area contributed by atoms with E-state index in [1.54, 1.807) is 36.4 Å². The molecular formula is C23H16N6O4S. The van der Waals surface area contributed by atoms with Crippen LogP contribution in [0.1, 0.15) is 11.7 Å². The summed E-state index contributed by atoms with van der Waals surface area (Å²) in [7, 11) is 0. The molecule has 1 aliphatic rings. The Bertz CT molecular complexity index is 1450. The quantitative estimate of drug-likeness (QED) is 0.356. The second-order valence-corrected chi connectivity index (χ2v) is 8.12.